The number of amides is 2. The zero-order chi connectivity index (χ0) is 27.3. The maximum absolute atomic E-state index is 13.6. The molecule has 3 rings (SSSR count). The number of hydrogen-bond donors (Lipinski definition) is 2. The van der Waals surface area contributed by atoms with Crippen LogP contribution in [0.3, 0.4) is 0 Å². The molecular weight excluding hydrogens is 513 g/mol. The maximum Gasteiger partial charge on any atom is 0.416 e. The highest BCUT2D eigenvalue weighted by atomic mass is 32.2. The van der Waals surface area contributed by atoms with E-state index in [1.54, 1.807) is 0 Å². The Hall–Kier alpha value is -3.12. The molecule has 2 amide bonds. The molecule has 0 atom stereocenters. The fourth-order valence-corrected chi connectivity index (χ4v) is 6.24. The highest BCUT2D eigenvalue weighted by Gasteiger charge is 2.53. The number of nitrogens with zero attached hydrogens (tertiary/aromatic N) is 1. The maximum atomic E-state index is 13.6. The lowest BCUT2D eigenvalue weighted by Crippen LogP contribution is -2.58. The molecule has 0 aliphatic carbocycles. The van der Waals surface area contributed by atoms with Gasteiger partial charge in [0, 0.05) is 19.5 Å². The molecule has 0 saturated carbocycles. The molecule has 0 bridgehead atoms. The molecule has 1 heterocycles. The number of unbranched alkanes of at least 4 members (excludes halogenated alkanes) is 2. The molecule has 12 heteroatoms. The largest absolute Gasteiger partial charge is 0.457 e. The second-order valence-electron chi connectivity index (χ2n) is 8.87. The van der Waals surface area contributed by atoms with Crippen molar-refractivity contribution in [1.82, 2.24) is 10.4 Å². The molecule has 202 valence electrons. The normalized spacial score (nSPS) is 15.8. The number of hydroxylamine groups is 1. The monoisotopic (exact) mass is 542 g/mol. The fraction of sp³-hybridized carbons (Fsp3) is 0.440. The van der Waals surface area contributed by atoms with E-state index in [9.17, 15) is 36.4 Å². The number of ether oxygens (including phenoxy) is 1. The average molecular weight is 543 g/mol. The smallest absolute Gasteiger partial charge is 0.416 e. The number of sulfone groups is 1. The predicted octanol–water partition coefficient (Wildman–Crippen LogP) is 4.72. The third kappa shape index (κ3) is 6.24. The molecule has 1 saturated heterocycles. The summed E-state index contributed by atoms with van der Waals surface area (Å²) in [4.78, 5) is 26.5. The third-order valence-electron chi connectivity index (χ3n) is 6.50. The summed E-state index contributed by atoms with van der Waals surface area (Å²) in [5.74, 6) is -0.883. The van der Waals surface area contributed by atoms with Crippen LogP contribution < -0.4 is 10.2 Å². The van der Waals surface area contributed by atoms with Gasteiger partial charge in [-0.15, -0.1) is 0 Å². The lowest BCUT2D eigenvalue weighted by molar-refractivity contribution is -0.138. The van der Waals surface area contributed by atoms with E-state index in [-0.39, 0.29) is 48.2 Å². The zero-order valence-corrected chi connectivity index (χ0v) is 21.1. The SMILES string of the molecule is CCCCCC(=O)N1CCC(C(=O)NO)(S(=O)(=O)c2ccc(Oc3ccc(C(F)(F)F)cc3)cc2)CC1. The molecule has 8 nitrogen and oxygen atoms in total. The van der Waals surface area contributed by atoms with E-state index in [4.69, 9.17) is 4.74 Å². The first-order chi connectivity index (χ1) is 17.4. The Balaban J connectivity index is 1.76. The molecule has 2 aromatic carbocycles. The quantitative estimate of drug-likeness (QED) is 0.269. The van der Waals surface area contributed by atoms with Crippen molar-refractivity contribution in [3.8, 4) is 11.5 Å². The van der Waals surface area contributed by atoms with Crippen molar-refractivity contribution in [1.29, 1.82) is 0 Å². The second-order valence-corrected chi connectivity index (χ2v) is 11.1. The molecule has 0 unspecified atom stereocenters. The van der Waals surface area contributed by atoms with Gasteiger partial charge in [-0.2, -0.15) is 13.2 Å². The van der Waals surface area contributed by atoms with Crippen LogP contribution in [-0.2, 0) is 25.6 Å². The van der Waals surface area contributed by atoms with Gasteiger partial charge in [-0.25, -0.2) is 13.9 Å². The Morgan fingerprint density at radius 1 is 1.00 bits per heavy atom. The van der Waals surface area contributed by atoms with Crippen molar-refractivity contribution >= 4 is 21.7 Å². The topological polar surface area (TPSA) is 113 Å². The molecule has 0 spiro atoms. The molecule has 1 aliphatic heterocycles. The first kappa shape index (κ1) is 28.5. The van der Waals surface area contributed by atoms with E-state index in [0.29, 0.717) is 6.42 Å². The molecular formula is C25H29F3N2O6S. The third-order valence-corrected chi connectivity index (χ3v) is 9.01. The van der Waals surface area contributed by atoms with Crippen molar-refractivity contribution < 1.29 is 41.1 Å². The van der Waals surface area contributed by atoms with Crippen molar-refractivity contribution in [2.24, 2.45) is 0 Å². The number of nitrogens with one attached hydrogen (secondary N) is 1. The van der Waals surface area contributed by atoms with Crippen LogP contribution in [-0.4, -0.2) is 48.2 Å². The Morgan fingerprint density at radius 3 is 2.03 bits per heavy atom. The summed E-state index contributed by atoms with van der Waals surface area (Å²) < 4.78 is 68.9. The van der Waals surface area contributed by atoms with Crippen LogP contribution in [0.2, 0.25) is 0 Å². The molecule has 2 N–H and O–H groups in total. The van der Waals surface area contributed by atoms with Crippen LogP contribution in [0.4, 0.5) is 13.2 Å². The van der Waals surface area contributed by atoms with E-state index < -0.39 is 32.2 Å². The average Bonchev–Trinajstić information content (AvgIpc) is 2.88. The molecule has 1 aliphatic rings. The minimum atomic E-state index is -4.48. The lowest BCUT2D eigenvalue weighted by atomic mass is 9.94. The Labute approximate surface area is 213 Å². The van der Waals surface area contributed by atoms with Gasteiger partial charge in [-0.3, -0.25) is 14.8 Å². The van der Waals surface area contributed by atoms with Crippen molar-refractivity contribution in [2.75, 3.05) is 13.1 Å². The first-order valence-electron chi connectivity index (χ1n) is 11.9. The van der Waals surface area contributed by atoms with Gasteiger partial charge in [0.05, 0.1) is 10.5 Å². The number of carbonyl (C=O) groups is 2. The van der Waals surface area contributed by atoms with Gasteiger partial charge in [-0.05, 0) is 67.8 Å². The van der Waals surface area contributed by atoms with Gasteiger partial charge in [0.2, 0.25) is 5.91 Å². The van der Waals surface area contributed by atoms with E-state index in [2.05, 4.69) is 0 Å². The number of halogens is 3. The standard InChI is InChI=1S/C25H29F3N2O6S/c1-2-3-4-5-22(31)30-16-14-24(15-17-30,23(32)29-33)37(34,35)21-12-10-20(11-13-21)36-19-8-6-18(7-9-19)25(26,27)28/h6-13,33H,2-5,14-17H2,1H3,(H,29,32). The van der Waals surface area contributed by atoms with Gasteiger partial charge < -0.3 is 9.64 Å². The highest BCUT2D eigenvalue weighted by molar-refractivity contribution is 7.93. The minimum absolute atomic E-state index is 0.0483. The van der Waals surface area contributed by atoms with Crippen molar-refractivity contribution in [3.05, 3.63) is 54.1 Å². The molecule has 37 heavy (non-hydrogen) atoms. The van der Waals surface area contributed by atoms with E-state index >= 15 is 0 Å². The van der Waals surface area contributed by atoms with Crippen molar-refractivity contribution in [3.63, 3.8) is 0 Å². The van der Waals surface area contributed by atoms with Gasteiger partial charge in [0.1, 0.15) is 11.5 Å². The number of benzene rings is 2. The predicted molar refractivity (Wildman–Crippen MR) is 128 cm³/mol. The fourth-order valence-electron chi connectivity index (χ4n) is 4.28. The first-order valence-corrected chi connectivity index (χ1v) is 13.3. The van der Waals surface area contributed by atoms with Gasteiger partial charge >= 0.3 is 6.18 Å². The lowest BCUT2D eigenvalue weighted by Gasteiger charge is -2.39. The van der Waals surface area contributed by atoms with Crippen LogP contribution >= 0.6 is 0 Å². The summed E-state index contributed by atoms with van der Waals surface area (Å²) in [7, 11) is -4.31. The van der Waals surface area contributed by atoms with Crippen LogP contribution in [0.5, 0.6) is 11.5 Å². The van der Waals surface area contributed by atoms with Crippen LogP contribution in [0, 0.1) is 0 Å². The summed E-state index contributed by atoms with van der Waals surface area (Å²) in [6.45, 7) is 2.12. The Morgan fingerprint density at radius 2 is 1.54 bits per heavy atom. The summed E-state index contributed by atoms with van der Waals surface area (Å²) >= 11 is 0. The second kappa shape index (κ2) is 11.5. The summed E-state index contributed by atoms with van der Waals surface area (Å²) in [5.41, 5.74) is 0.639. The zero-order valence-electron chi connectivity index (χ0n) is 20.3. The number of carbonyl (C=O) groups excluding carboxylic acids is 2. The number of piperidine rings is 1. The number of alkyl halides is 3. The summed E-state index contributed by atoms with van der Waals surface area (Å²) in [6, 6.07) is 9.12. The Bertz CT molecular complexity index is 1190. The van der Waals surface area contributed by atoms with E-state index in [1.165, 1.54) is 34.6 Å². The molecule has 2 aromatic rings. The van der Waals surface area contributed by atoms with E-state index in [0.717, 1.165) is 43.5 Å². The highest BCUT2D eigenvalue weighted by Crippen LogP contribution is 2.37. The number of rotatable bonds is 9. The summed E-state index contributed by atoms with van der Waals surface area (Å²) in [5, 5.41) is 9.32. The van der Waals surface area contributed by atoms with Gasteiger partial charge in [0.15, 0.2) is 14.6 Å². The molecule has 0 radical (unpaired) electrons. The molecule has 1 fully saturated rings. The number of likely N-dealkylation sites (tertiary alicyclic amines) is 1. The van der Waals surface area contributed by atoms with E-state index in [1.807, 2.05) is 6.92 Å². The molecule has 0 aromatic heterocycles. The van der Waals surface area contributed by atoms with Crippen LogP contribution in [0.1, 0.15) is 51.0 Å². The summed E-state index contributed by atoms with van der Waals surface area (Å²) in [6.07, 6.45) is -1.92. The van der Waals surface area contributed by atoms with Gasteiger partial charge in [-0.1, -0.05) is 19.8 Å². The Kier molecular flexibility index (Phi) is 8.85. The number of hydrogen-bond acceptors (Lipinski definition) is 6. The van der Waals surface area contributed by atoms with Gasteiger partial charge in [0.25, 0.3) is 5.91 Å². The minimum Gasteiger partial charge on any atom is -0.457 e. The van der Waals surface area contributed by atoms with Crippen molar-refractivity contribution in [2.45, 2.75) is 61.3 Å². The van der Waals surface area contributed by atoms with Crippen LogP contribution in [0.15, 0.2) is 53.4 Å². The van der Waals surface area contributed by atoms with Crippen LogP contribution in [0.25, 0.3) is 0 Å².